The van der Waals surface area contributed by atoms with E-state index >= 15 is 0 Å². The van der Waals surface area contributed by atoms with E-state index in [0.717, 1.165) is 25.7 Å². The highest BCUT2D eigenvalue weighted by Crippen LogP contribution is 2.22. The van der Waals surface area contributed by atoms with Crippen molar-refractivity contribution in [1.29, 1.82) is 0 Å². The topological polar surface area (TPSA) is 0 Å². The van der Waals surface area contributed by atoms with E-state index in [9.17, 15) is 0 Å². The van der Waals surface area contributed by atoms with Gasteiger partial charge in [-0.2, -0.15) is 0 Å². The van der Waals surface area contributed by atoms with Crippen LogP contribution in [0.1, 0.15) is 24.0 Å². The van der Waals surface area contributed by atoms with Crippen molar-refractivity contribution in [2.24, 2.45) is 0 Å². The van der Waals surface area contributed by atoms with E-state index in [4.69, 9.17) is 0 Å². The molecule has 0 aliphatic rings. The Morgan fingerprint density at radius 2 is 1.63 bits per heavy atom. The van der Waals surface area contributed by atoms with E-state index in [1.165, 1.54) is 22.3 Å². The lowest BCUT2D eigenvalue weighted by Gasteiger charge is -2.06. The first-order valence-electron chi connectivity index (χ1n) is 6.92. The molecule has 0 unspecified atom stereocenters. The molecule has 19 heavy (non-hydrogen) atoms. The van der Waals surface area contributed by atoms with E-state index < -0.39 is 0 Å². The van der Waals surface area contributed by atoms with Crippen molar-refractivity contribution >= 4 is 0 Å². The SMILES string of the molecule is [CH2]CCc1cccc(-c2ccc(CCC=C)cc2)c1. The van der Waals surface area contributed by atoms with Crippen LogP contribution < -0.4 is 0 Å². The van der Waals surface area contributed by atoms with Gasteiger partial charge in [0.1, 0.15) is 0 Å². The van der Waals surface area contributed by atoms with Gasteiger partial charge in [-0.3, -0.25) is 0 Å². The number of benzene rings is 2. The summed E-state index contributed by atoms with van der Waals surface area (Å²) in [4.78, 5) is 0. The first-order chi connectivity index (χ1) is 9.33. The van der Waals surface area contributed by atoms with Gasteiger partial charge in [-0.1, -0.05) is 61.5 Å². The maximum absolute atomic E-state index is 3.92. The summed E-state index contributed by atoms with van der Waals surface area (Å²) in [7, 11) is 0. The predicted molar refractivity (Wildman–Crippen MR) is 84.1 cm³/mol. The number of rotatable bonds is 6. The molecule has 0 saturated carbocycles. The minimum Gasteiger partial charge on any atom is -0.103 e. The normalized spacial score (nSPS) is 10.4. The van der Waals surface area contributed by atoms with Crippen LogP contribution in [0.4, 0.5) is 0 Å². The van der Waals surface area contributed by atoms with Gasteiger partial charge in [-0.25, -0.2) is 0 Å². The van der Waals surface area contributed by atoms with Crippen LogP contribution in [-0.4, -0.2) is 0 Å². The summed E-state index contributed by atoms with van der Waals surface area (Å²) >= 11 is 0. The minimum atomic E-state index is 0.948. The fraction of sp³-hybridized carbons (Fsp3) is 0.211. The molecule has 0 aromatic heterocycles. The molecule has 0 N–H and O–H groups in total. The molecule has 0 heteroatoms. The highest BCUT2D eigenvalue weighted by molar-refractivity contribution is 5.64. The molecule has 0 heterocycles. The molecular weight excluding hydrogens is 228 g/mol. The Labute approximate surface area is 116 Å². The average Bonchev–Trinajstić information content (AvgIpc) is 2.46. The van der Waals surface area contributed by atoms with Gasteiger partial charge < -0.3 is 0 Å². The second-order valence-corrected chi connectivity index (χ2v) is 4.83. The summed E-state index contributed by atoms with van der Waals surface area (Å²) in [6, 6.07) is 17.6. The van der Waals surface area contributed by atoms with Crippen molar-refractivity contribution in [3.8, 4) is 11.1 Å². The van der Waals surface area contributed by atoms with Crippen molar-refractivity contribution in [3.63, 3.8) is 0 Å². The molecular formula is C19H21. The van der Waals surface area contributed by atoms with Gasteiger partial charge in [0.05, 0.1) is 0 Å². The fourth-order valence-electron chi connectivity index (χ4n) is 2.24. The third-order valence-electron chi connectivity index (χ3n) is 3.32. The molecule has 0 atom stereocenters. The maximum atomic E-state index is 3.92. The Balaban J connectivity index is 2.17. The molecule has 0 fully saturated rings. The van der Waals surface area contributed by atoms with Crippen LogP contribution in [0.25, 0.3) is 11.1 Å². The third-order valence-corrected chi connectivity index (χ3v) is 3.32. The van der Waals surface area contributed by atoms with Crippen LogP contribution in [0.5, 0.6) is 0 Å². The minimum absolute atomic E-state index is 0.948. The molecule has 0 aliphatic carbocycles. The third kappa shape index (κ3) is 3.82. The Hall–Kier alpha value is -1.82. The Morgan fingerprint density at radius 1 is 0.842 bits per heavy atom. The first-order valence-corrected chi connectivity index (χ1v) is 6.92. The number of aryl methyl sites for hydroxylation is 2. The number of hydrogen-bond donors (Lipinski definition) is 0. The van der Waals surface area contributed by atoms with Crippen molar-refractivity contribution in [3.05, 3.63) is 79.2 Å². The maximum Gasteiger partial charge on any atom is -0.0181 e. The molecule has 0 amide bonds. The zero-order valence-corrected chi connectivity index (χ0v) is 11.4. The van der Waals surface area contributed by atoms with Gasteiger partial charge in [0.2, 0.25) is 0 Å². The zero-order chi connectivity index (χ0) is 13.5. The van der Waals surface area contributed by atoms with Crippen LogP contribution >= 0.6 is 0 Å². The summed E-state index contributed by atoms with van der Waals surface area (Å²) < 4.78 is 0. The average molecular weight is 249 g/mol. The lowest BCUT2D eigenvalue weighted by molar-refractivity contribution is 0.999. The second-order valence-electron chi connectivity index (χ2n) is 4.83. The van der Waals surface area contributed by atoms with Gasteiger partial charge in [-0.05, 0) is 47.9 Å². The monoisotopic (exact) mass is 249 g/mol. The van der Waals surface area contributed by atoms with Crippen LogP contribution in [0.3, 0.4) is 0 Å². The van der Waals surface area contributed by atoms with Crippen molar-refractivity contribution < 1.29 is 0 Å². The molecule has 2 aromatic rings. The van der Waals surface area contributed by atoms with E-state index in [1.54, 1.807) is 0 Å². The summed E-state index contributed by atoms with van der Waals surface area (Å²) in [5.74, 6) is 0. The van der Waals surface area contributed by atoms with Gasteiger partial charge >= 0.3 is 0 Å². The highest BCUT2D eigenvalue weighted by atomic mass is 14.0. The van der Waals surface area contributed by atoms with Gasteiger partial charge in [0.25, 0.3) is 0 Å². The van der Waals surface area contributed by atoms with Gasteiger partial charge in [0.15, 0.2) is 0 Å². The highest BCUT2D eigenvalue weighted by Gasteiger charge is 1.99. The Kier molecular flexibility index (Phi) is 4.97. The van der Waals surface area contributed by atoms with Crippen LogP contribution in [0.15, 0.2) is 61.2 Å². The quantitative estimate of drug-likeness (QED) is 0.614. The molecule has 0 nitrogen and oxygen atoms in total. The molecule has 0 saturated heterocycles. The second kappa shape index (κ2) is 6.94. The van der Waals surface area contributed by atoms with E-state index in [0.29, 0.717) is 0 Å². The van der Waals surface area contributed by atoms with Gasteiger partial charge in [0, 0.05) is 0 Å². The molecule has 2 aromatic carbocycles. The van der Waals surface area contributed by atoms with E-state index in [-0.39, 0.29) is 0 Å². The lowest BCUT2D eigenvalue weighted by Crippen LogP contribution is -1.86. The van der Waals surface area contributed by atoms with Crippen LogP contribution in [0, 0.1) is 6.92 Å². The van der Waals surface area contributed by atoms with Crippen LogP contribution in [0.2, 0.25) is 0 Å². The van der Waals surface area contributed by atoms with Crippen molar-refractivity contribution in [2.45, 2.75) is 25.7 Å². The fourth-order valence-corrected chi connectivity index (χ4v) is 2.24. The molecule has 0 aliphatic heterocycles. The van der Waals surface area contributed by atoms with E-state index in [1.807, 2.05) is 6.08 Å². The summed E-state index contributed by atoms with van der Waals surface area (Å²) in [5.41, 5.74) is 5.32. The molecule has 0 spiro atoms. The zero-order valence-electron chi connectivity index (χ0n) is 11.4. The summed E-state index contributed by atoms with van der Waals surface area (Å²) in [5, 5.41) is 0. The van der Waals surface area contributed by atoms with Crippen molar-refractivity contribution in [2.75, 3.05) is 0 Å². The van der Waals surface area contributed by atoms with Crippen LogP contribution in [-0.2, 0) is 12.8 Å². The molecule has 97 valence electrons. The largest absolute Gasteiger partial charge is 0.103 e. The van der Waals surface area contributed by atoms with Crippen molar-refractivity contribution in [1.82, 2.24) is 0 Å². The number of hydrogen-bond acceptors (Lipinski definition) is 0. The van der Waals surface area contributed by atoms with E-state index in [2.05, 4.69) is 62.0 Å². The van der Waals surface area contributed by atoms with Gasteiger partial charge in [-0.15, -0.1) is 6.58 Å². The Bertz CT molecular complexity index is 520. The molecule has 2 rings (SSSR count). The Morgan fingerprint density at radius 3 is 2.32 bits per heavy atom. The molecule has 1 radical (unpaired) electrons. The standard InChI is InChI=1S/C19H21/c1-3-5-8-16-11-13-18(14-12-16)19-10-6-9-17(15-19)7-4-2/h3,6,9-15H,1-2,4-5,7-8H2. The number of allylic oxidation sites excluding steroid dienone is 1. The predicted octanol–water partition coefficient (Wildman–Crippen LogP) is 5.24. The summed E-state index contributed by atoms with van der Waals surface area (Å²) in [6.07, 6.45) is 6.08. The lowest BCUT2D eigenvalue weighted by atomic mass is 9.99. The molecule has 0 bridgehead atoms. The summed E-state index contributed by atoms with van der Waals surface area (Å²) in [6.45, 7) is 7.68. The smallest absolute Gasteiger partial charge is 0.0181 e. The first kappa shape index (κ1) is 13.6.